The van der Waals surface area contributed by atoms with Crippen molar-refractivity contribution in [2.24, 2.45) is 5.92 Å². The lowest BCUT2D eigenvalue weighted by atomic mass is 9.81. The van der Waals surface area contributed by atoms with Crippen LogP contribution in [-0.4, -0.2) is 133 Å². The predicted octanol–water partition coefficient (Wildman–Crippen LogP) is 14.6. The molecule has 13 aromatic heterocycles. The Labute approximate surface area is 756 Å². The average molecular weight is 1790 g/mol. The van der Waals surface area contributed by atoms with Gasteiger partial charge in [-0.25, -0.2) is 39.9 Å². The molecule has 0 spiro atoms. The molecular formula is C96H92ClF2N23O9. The number of methoxy groups -OCH3 is 1. The van der Waals surface area contributed by atoms with Crippen LogP contribution < -0.4 is 31.3 Å². The van der Waals surface area contributed by atoms with Crippen LogP contribution >= 0.6 is 11.6 Å². The summed E-state index contributed by atoms with van der Waals surface area (Å²) in [6, 6.07) is 45.3. The highest BCUT2D eigenvalue weighted by molar-refractivity contribution is 6.29. The van der Waals surface area contributed by atoms with Gasteiger partial charge in [0.15, 0.2) is 56.7 Å². The summed E-state index contributed by atoms with van der Waals surface area (Å²) in [5.41, 5.74) is 14.9. The molecule has 0 bridgehead atoms. The molecule has 0 aliphatic heterocycles. The molecule has 16 aromatic rings. The van der Waals surface area contributed by atoms with Gasteiger partial charge >= 0.3 is 0 Å². The Kier molecular flexibility index (Phi) is 30.2. The quantitative estimate of drug-likeness (QED) is 0.0225. The predicted molar refractivity (Wildman–Crippen MR) is 480 cm³/mol. The largest absolute Gasteiger partial charge is 0.494 e. The Balaban J connectivity index is 0.000000132. The van der Waals surface area contributed by atoms with Crippen molar-refractivity contribution in [1.82, 2.24) is 103 Å². The molecule has 0 saturated heterocycles. The van der Waals surface area contributed by atoms with Crippen molar-refractivity contribution in [1.29, 1.82) is 10.5 Å². The summed E-state index contributed by atoms with van der Waals surface area (Å²) >= 11 is 5.99. The van der Waals surface area contributed by atoms with Crippen LogP contribution in [0.4, 0.5) is 8.78 Å². The summed E-state index contributed by atoms with van der Waals surface area (Å²) in [7, 11) is 1.59. The summed E-state index contributed by atoms with van der Waals surface area (Å²) < 4.78 is 56.2. The second-order valence-electron chi connectivity index (χ2n) is 31.1. The van der Waals surface area contributed by atoms with Crippen molar-refractivity contribution in [3.8, 4) is 41.1 Å². The van der Waals surface area contributed by atoms with E-state index in [9.17, 15) is 43.3 Å². The number of aryl methyl sites for hydroxylation is 7. The highest BCUT2D eigenvalue weighted by Crippen LogP contribution is 2.36. The Morgan fingerprint density at radius 3 is 1.59 bits per heavy atom. The number of amides is 5. The number of carbonyl (C=O) groups is 5. The minimum absolute atomic E-state index is 0.0212. The fraction of sp³-hybridized carbons (Fsp3) is 0.271. The number of ether oxygens (including phenoxy) is 2. The van der Waals surface area contributed by atoms with Crippen LogP contribution in [0, 0.1) is 87.2 Å². The molecule has 1 saturated carbocycles. The van der Waals surface area contributed by atoms with Crippen molar-refractivity contribution in [3.05, 3.63) is 314 Å². The van der Waals surface area contributed by atoms with Gasteiger partial charge in [0.25, 0.3) is 41.7 Å². The van der Waals surface area contributed by atoms with Gasteiger partial charge in [-0.2, -0.15) is 29.3 Å². The Bertz CT molecular complexity index is 6940. The number of benzene rings is 3. The van der Waals surface area contributed by atoms with Gasteiger partial charge in [0.05, 0.1) is 31.4 Å². The van der Waals surface area contributed by atoms with E-state index in [1.54, 1.807) is 99.0 Å². The number of halogens is 3. The van der Waals surface area contributed by atoms with E-state index in [4.69, 9.17) is 29.9 Å². The molecule has 2 aliphatic rings. The van der Waals surface area contributed by atoms with E-state index < -0.39 is 24.0 Å². The average Bonchev–Trinajstić information content (AvgIpc) is 1.62. The first kappa shape index (κ1) is 91.5. The molecule has 1 fully saturated rings. The number of nitriles is 2. The lowest BCUT2D eigenvalue weighted by molar-refractivity contribution is 0.0933. The second kappa shape index (κ2) is 43.2. The fourth-order valence-corrected chi connectivity index (χ4v) is 15.1. The molecule has 131 heavy (non-hydrogen) atoms. The smallest absolute Gasteiger partial charge is 0.295 e. The molecule has 13 heterocycles. The number of unbranched alkanes of at least 4 members (excludes halogenated alkanes) is 2. The van der Waals surface area contributed by atoms with Gasteiger partial charge in [0.2, 0.25) is 0 Å². The second-order valence-corrected chi connectivity index (χ2v) is 31.5. The lowest BCUT2D eigenvalue weighted by Crippen LogP contribution is -2.31. The van der Waals surface area contributed by atoms with E-state index in [1.165, 1.54) is 47.0 Å². The first-order valence-corrected chi connectivity index (χ1v) is 42.8. The summed E-state index contributed by atoms with van der Waals surface area (Å²) in [5, 5.41) is 33.0. The van der Waals surface area contributed by atoms with Crippen molar-refractivity contribution in [2.45, 2.75) is 138 Å². The molecule has 35 heteroatoms. The van der Waals surface area contributed by atoms with Gasteiger partial charge < -0.3 is 44.9 Å². The standard InChI is InChI=1S/C20H23FN4O2.C20H21N5O2.C19H17FN4O2.C19H17N5O.C18H14ClN5O2/c1-3-4-5-12-27-16-8-6-15(7-9-16)13-22-19(26)17-18-23-14(2)10-11-25(18)20(21)24-17;1-13-9-16(10-21)25-12-23-18(19(25)24-13)20(26)22-11-14-4-6-15(7-5-14)17-3-2-8-27-17;1-13-9-10-24-17(22-13)16(23-19(24)20)18(25)21-12-15-7-5-14(6-8-15)4-3-11-26-2;1-12-7-16(9-20)24-11-22-17(18(24)23-12)19(25)21-10-13-5-6-14-3-2-4-15(14)8-13;1-11-7-15(19)23-17-16(22-10-24(11)17)18(25)21-9-13-5-4-12(8-20-13)14-3-2-6-26-14/h6-11H,3-5,12-13H2,1-2H3,(H,22,26);2-3,8-9,12,14-15H,4-7,11H2,1H3,(H,22,26);5-10H,11-12H2,1-2H3,(H,21,25);5-8,11H,2-4,10H2,1H3,(H,21,25);2-8,10H,9H2,1H3,(H,21,25). The van der Waals surface area contributed by atoms with E-state index in [-0.39, 0.29) is 70.6 Å². The van der Waals surface area contributed by atoms with Crippen molar-refractivity contribution < 1.29 is 51.1 Å². The third-order valence-corrected chi connectivity index (χ3v) is 21.9. The van der Waals surface area contributed by atoms with E-state index in [2.05, 4.69) is 131 Å². The zero-order valence-electron chi connectivity index (χ0n) is 72.9. The maximum absolute atomic E-state index is 13.9. The van der Waals surface area contributed by atoms with Crippen LogP contribution in [0.1, 0.15) is 201 Å². The van der Waals surface area contributed by atoms with Gasteiger partial charge in [0.1, 0.15) is 71.5 Å². The zero-order chi connectivity index (χ0) is 92.0. The highest BCUT2D eigenvalue weighted by atomic mass is 35.5. The fourth-order valence-electron chi connectivity index (χ4n) is 14.8. The molecular weight excluding hydrogens is 1690 g/mol. The summed E-state index contributed by atoms with van der Waals surface area (Å²) in [6.07, 6.45) is 22.1. The Hall–Kier alpha value is -15.7. The number of rotatable bonds is 23. The minimum atomic E-state index is -0.767. The SMILES string of the molecule is CCCCCOc1ccc(CNC(=O)c2nc(F)n3ccc(C)nc23)cc1.COCC#Cc1ccc(CNC(=O)c2nc(F)n3ccc(C)nc23)cc1.Cc1cc(C#N)n2cnc(C(=O)NCC3CCC(c4ccco4)CC3)c2n1.Cc1cc(C#N)n2cnc(C(=O)NCc3ccc4c(c3)CCC4)c2n1.Cc1cc(Cl)nc2c(C(=O)NCc3ccc(-c4ccco4)cn3)ncn12. The van der Waals surface area contributed by atoms with E-state index in [0.717, 1.165) is 123 Å². The molecule has 3 aromatic carbocycles. The molecule has 0 unspecified atom stereocenters. The van der Waals surface area contributed by atoms with Crippen LogP contribution in [0.2, 0.25) is 5.15 Å². The lowest BCUT2D eigenvalue weighted by Gasteiger charge is -2.27. The van der Waals surface area contributed by atoms with Crippen LogP contribution in [0.3, 0.4) is 0 Å². The van der Waals surface area contributed by atoms with Crippen LogP contribution in [0.5, 0.6) is 5.75 Å². The Morgan fingerprint density at radius 1 is 0.519 bits per heavy atom. The topological polar surface area (TPSA) is 402 Å². The number of nitrogens with one attached hydrogen (secondary N) is 5. The third kappa shape index (κ3) is 23.0. The maximum atomic E-state index is 13.9. The van der Waals surface area contributed by atoms with E-state index in [1.807, 2.05) is 91.9 Å². The summed E-state index contributed by atoms with van der Waals surface area (Å²) in [4.78, 5) is 108. The number of fused-ring (bicyclic) bond motifs is 6. The third-order valence-electron chi connectivity index (χ3n) is 21.7. The van der Waals surface area contributed by atoms with Crippen molar-refractivity contribution in [3.63, 3.8) is 0 Å². The van der Waals surface area contributed by atoms with Crippen molar-refractivity contribution in [2.75, 3.05) is 26.9 Å². The molecule has 5 amide bonds. The molecule has 2 aliphatic carbocycles. The molecule has 666 valence electrons. The van der Waals surface area contributed by atoms with E-state index >= 15 is 0 Å². The number of furan rings is 2. The number of hydrogen-bond acceptors (Lipinski definition) is 22. The van der Waals surface area contributed by atoms with Gasteiger partial charge in [0, 0.05) is 97.4 Å². The van der Waals surface area contributed by atoms with Gasteiger partial charge in [-0.1, -0.05) is 85.7 Å². The highest BCUT2D eigenvalue weighted by Gasteiger charge is 2.28. The Morgan fingerprint density at radius 2 is 1.04 bits per heavy atom. The first-order chi connectivity index (χ1) is 63.6. The number of hydrogen-bond donors (Lipinski definition) is 5. The maximum Gasteiger partial charge on any atom is 0.295 e. The number of imidazole rings is 5. The summed E-state index contributed by atoms with van der Waals surface area (Å²) in [5.74, 6) is 7.60. The van der Waals surface area contributed by atoms with E-state index in [0.29, 0.717) is 101 Å². The number of nitrogens with zero attached hydrogens (tertiary/aromatic N) is 18. The minimum Gasteiger partial charge on any atom is -0.494 e. The molecule has 18 rings (SSSR count). The normalized spacial score (nSPS) is 13.0. The van der Waals surface area contributed by atoms with Crippen LogP contribution in [0.25, 0.3) is 39.6 Å². The van der Waals surface area contributed by atoms with Gasteiger partial charge in [-0.05, 0) is 211 Å². The number of carbonyl (C=O) groups excluding carboxylic acids is 5. The summed E-state index contributed by atoms with van der Waals surface area (Å²) in [6.45, 7) is 14.2. The molecule has 0 radical (unpaired) electrons. The van der Waals surface area contributed by atoms with Crippen LogP contribution in [-0.2, 0) is 43.8 Å². The van der Waals surface area contributed by atoms with Gasteiger partial charge in [-0.15, -0.1) is 0 Å². The van der Waals surface area contributed by atoms with Crippen molar-refractivity contribution >= 4 is 69.4 Å². The number of aromatic nitrogens is 16. The first-order valence-electron chi connectivity index (χ1n) is 42.4. The monoisotopic (exact) mass is 1780 g/mol. The molecule has 5 N–H and O–H groups in total. The zero-order valence-corrected chi connectivity index (χ0v) is 73.6. The molecule has 32 nitrogen and oxygen atoms in total. The number of pyridine rings is 1. The van der Waals surface area contributed by atoms with Crippen LogP contribution in [0.15, 0.2) is 192 Å². The molecule has 0 atom stereocenters. The van der Waals surface area contributed by atoms with Gasteiger partial charge in [-0.3, -0.25) is 51.0 Å².